The molecular formula is C20H25N3O4S. The van der Waals surface area contributed by atoms with Gasteiger partial charge in [0, 0.05) is 26.2 Å². The Balaban J connectivity index is 1.84. The third kappa shape index (κ3) is 4.40. The fourth-order valence-corrected chi connectivity index (χ4v) is 4.46. The van der Waals surface area contributed by atoms with Gasteiger partial charge in [-0.05, 0) is 24.1 Å². The van der Waals surface area contributed by atoms with Crippen molar-refractivity contribution in [2.24, 2.45) is 5.92 Å². The molecule has 150 valence electrons. The number of benzene rings is 1. The molecule has 1 fully saturated rings. The Bertz CT molecular complexity index is 945. The van der Waals surface area contributed by atoms with Crippen molar-refractivity contribution in [3.8, 4) is 11.1 Å². The molecule has 1 amide bonds. The second kappa shape index (κ2) is 8.38. The first-order valence-electron chi connectivity index (χ1n) is 9.09. The monoisotopic (exact) mass is 403 g/mol. The second-order valence-electron chi connectivity index (χ2n) is 7.12. The summed E-state index contributed by atoms with van der Waals surface area (Å²) in [6.07, 6.45) is 1.68. The number of aromatic nitrogens is 1. The minimum Gasteiger partial charge on any atom is -0.379 e. The molecule has 2 atom stereocenters. The summed E-state index contributed by atoms with van der Waals surface area (Å²) in [5.74, 6) is -0.636. The van der Waals surface area contributed by atoms with E-state index in [1.807, 2.05) is 36.4 Å². The molecule has 2 heterocycles. The number of amides is 1. The summed E-state index contributed by atoms with van der Waals surface area (Å²) >= 11 is 0. The van der Waals surface area contributed by atoms with Crippen LogP contribution in [0.25, 0.3) is 11.1 Å². The van der Waals surface area contributed by atoms with E-state index >= 15 is 0 Å². The highest BCUT2D eigenvalue weighted by Crippen LogP contribution is 2.26. The summed E-state index contributed by atoms with van der Waals surface area (Å²) in [6, 6.07) is 11.1. The number of aryl methyl sites for hydroxylation is 1. The van der Waals surface area contributed by atoms with Gasteiger partial charge in [-0.2, -0.15) is 0 Å². The maximum Gasteiger partial charge on any atom is 0.254 e. The van der Waals surface area contributed by atoms with Gasteiger partial charge in [0.25, 0.3) is 5.91 Å². The first kappa shape index (κ1) is 20.4. The number of nitrogens with one attached hydrogen (secondary N) is 1. The van der Waals surface area contributed by atoms with Crippen LogP contribution < -0.4 is 5.32 Å². The van der Waals surface area contributed by atoms with Crippen molar-refractivity contribution in [1.29, 1.82) is 0 Å². The van der Waals surface area contributed by atoms with Crippen LogP contribution in [0, 0.1) is 12.8 Å². The molecule has 1 N–H and O–H groups in total. The number of carbonyl (C=O) groups is 1. The van der Waals surface area contributed by atoms with E-state index in [4.69, 9.17) is 4.74 Å². The molecule has 2 aromatic rings. The summed E-state index contributed by atoms with van der Waals surface area (Å²) in [4.78, 5) is 17.4. The molecule has 0 radical (unpaired) electrons. The highest BCUT2D eigenvalue weighted by molar-refractivity contribution is 7.89. The normalized spacial score (nSPS) is 19.7. The molecule has 3 rings (SSSR count). The van der Waals surface area contributed by atoms with Gasteiger partial charge in [-0.3, -0.25) is 9.78 Å². The zero-order chi connectivity index (χ0) is 20.3. The van der Waals surface area contributed by atoms with E-state index in [0.29, 0.717) is 24.5 Å². The van der Waals surface area contributed by atoms with Gasteiger partial charge >= 0.3 is 0 Å². The van der Waals surface area contributed by atoms with E-state index in [1.165, 1.54) is 18.4 Å². The molecule has 8 heteroatoms. The molecule has 28 heavy (non-hydrogen) atoms. The Morgan fingerprint density at radius 2 is 1.93 bits per heavy atom. The van der Waals surface area contributed by atoms with E-state index < -0.39 is 10.0 Å². The maximum atomic E-state index is 13.1. The Morgan fingerprint density at radius 3 is 2.61 bits per heavy atom. The number of pyridine rings is 1. The first-order valence-corrected chi connectivity index (χ1v) is 10.7. The van der Waals surface area contributed by atoms with Crippen molar-refractivity contribution >= 4 is 15.9 Å². The van der Waals surface area contributed by atoms with Crippen LogP contribution in [0.5, 0.6) is 0 Å². The number of sulfonamides is 1. The van der Waals surface area contributed by atoms with Crippen molar-refractivity contribution in [3.63, 3.8) is 0 Å². The Hall–Kier alpha value is -2.29. The second-order valence-corrected chi connectivity index (χ2v) is 9.35. The minimum atomic E-state index is -3.38. The number of carbonyl (C=O) groups excluding carboxylic acids is 1. The average molecular weight is 404 g/mol. The topological polar surface area (TPSA) is 88.6 Å². The van der Waals surface area contributed by atoms with E-state index in [0.717, 1.165) is 11.1 Å². The average Bonchev–Trinajstić information content (AvgIpc) is 3.08. The van der Waals surface area contributed by atoms with E-state index in [-0.39, 0.29) is 23.6 Å². The quantitative estimate of drug-likeness (QED) is 0.793. The number of nitrogens with zero attached hydrogens (tertiary/aromatic N) is 2. The van der Waals surface area contributed by atoms with Crippen LogP contribution in [-0.2, 0) is 14.8 Å². The van der Waals surface area contributed by atoms with Gasteiger partial charge in [0.2, 0.25) is 10.0 Å². The largest absolute Gasteiger partial charge is 0.379 e. The number of rotatable bonds is 6. The van der Waals surface area contributed by atoms with Gasteiger partial charge < -0.3 is 10.1 Å². The van der Waals surface area contributed by atoms with Gasteiger partial charge in [0.05, 0.1) is 36.3 Å². The van der Waals surface area contributed by atoms with Crippen LogP contribution in [0.15, 0.2) is 42.6 Å². The molecule has 0 saturated carbocycles. The molecule has 1 aliphatic rings. The third-order valence-electron chi connectivity index (χ3n) is 4.95. The SMILES string of the molecule is Cc1nccc(-c2ccccc2)c1C(=O)N[C@H]1COC[C@H]1CS(=O)(=O)N(C)C. The Kier molecular flexibility index (Phi) is 6.12. The molecule has 0 spiro atoms. The highest BCUT2D eigenvalue weighted by atomic mass is 32.2. The first-order chi connectivity index (χ1) is 13.3. The predicted molar refractivity (Wildman–Crippen MR) is 107 cm³/mol. The van der Waals surface area contributed by atoms with Crippen LogP contribution in [-0.4, -0.2) is 62.7 Å². The lowest BCUT2D eigenvalue weighted by atomic mass is 9.98. The lowest BCUT2D eigenvalue weighted by Gasteiger charge is -2.22. The molecular weight excluding hydrogens is 378 g/mol. The molecule has 1 saturated heterocycles. The van der Waals surface area contributed by atoms with E-state index in [1.54, 1.807) is 13.1 Å². The van der Waals surface area contributed by atoms with Crippen molar-refractivity contribution in [2.75, 3.05) is 33.1 Å². The van der Waals surface area contributed by atoms with Crippen LogP contribution in [0.3, 0.4) is 0 Å². The van der Waals surface area contributed by atoms with Crippen molar-refractivity contribution in [1.82, 2.24) is 14.6 Å². The fourth-order valence-electron chi connectivity index (χ4n) is 3.29. The lowest BCUT2D eigenvalue weighted by Crippen LogP contribution is -2.44. The fraction of sp³-hybridized carbons (Fsp3) is 0.400. The predicted octanol–water partition coefficient (Wildman–Crippen LogP) is 1.69. The van der Waals surface area contributed by atoms with Crippen LogP contribution in [0.2, 0.25) is 0 Å². The third-order valence-corrected chi connectivity index (χ3v) is 6.91. The van der Waals surface area contributed by atoms with Gasteiger partial charge in [-0.15, -0.1) is 0 Å². The van der Waals surface area contributed by atoms with Gasteiger partial charge in [0.15, 0.2) is 0 Å². The minimum absolute atomic E-state index is 0.0670. The smallest absolute Gasteiger partial charge is 0.254 e. The lowest BCUT2D eigenvalue weighted by molar-refractivity contribution is 0.0925. The van der Waals surface area contributed by atoms with Crippen LogP contribution in [0.1, 0.15) is 16.1 Å². The zero-order valence-electron chi connectivity index (χ0n) is 16.3. The van der Waals surface area contributed by atoms with Crippen molar-refractivity contribution in [2.45, 2.75) is 13.0 Å². The summed E-state index contributed by atoms with van der Waals surface area (Å²) in [7, 11) is -0.377. The van der Waals surface area contributed by atoms with Crippen molar-refractivity contribution < 1.29 is 17.9 Å². The number of ether oxygens (including phenoxy) is 1. The van der Waals surface area contributed by atoms with Crippen LogP contribution >= 0.6 is 0 Å². The number of hydrogen-bond donors (Lipinski definition) is 1. The molecule has 7 nitrogen and oxygen atoms in total. The van der Waals surface area contributed by atoms with Gasteiger partial charge in [-0.25, -0.2) is 12.7 Å². The van der Waals surface area contributed by atoms with Crippen LogP contribution in [0.4, 0.5) is 0 Å². The maximum absolute atomic E-state index is 13.1. The zero-order valence-corrected chi connectivity index (χ0v) is 17.1. The van der Waals surface area contributed by atoms with E-state index in [9.17, 15) is 13.2 Å². The number of hydrogen-bond acceptors (Lipinski definition) is 5. The highest BCUT2D eigenvalue weighted by Gasteiger charge is 2.34. The Labute approximate surface area is 165 Å². The molecule has 0 aliphatic carbocycles. The summed E-state index contributed by atoms with van der Waals surface area (Å²) < 4.78 is 31.1. The van der Waals surface area contributed by atoms with Gasteiger partial charge in [-0.1, -0.05) is 30.3 Å². The molecule has 0 bridgehead atoms. The summed E-state index contributed by atoms with van der Waals surface area (Å²) in [6.45, 7) is 2.38. The molecule has 1 aliphatic heterocycles. The van der Waals surface area contributed by atoms with Crippen molar-refractivity contribution in [3.05, 3.63) is 53.9 Å². The molecule has 1 aromatic carbocycles. The van der Waals surface area contributed by atoms with Gasteiger partial charge in [0.1, 0.15) is 0 Å². The molecule has 0 unspecified atom stereocenters. The summed E-state index contributed by atoms with van der Waals surface area (Å²) in [5, 5.41) is 2.97. The molecule has 1 aromatic heterocycles. The summed E-state index contributed by atoms with van der Waals surface area (Å²) in [5.41, 5.74) is 2.83. The standard InChI is InChI=1S/C20H25N3O4S/c1-14-19(17(9-10-21-14)15-7-5-4-6-8-15)20(24)22-18-12-27-11-16(18)13-28(25,26)23(2)3/h4-10,16,18H,11-13H2,1-3H3,(H,22,24)/t16-,18-/m0/s1. The van der Waals surface area contributed by atoms with E-state index in [2.05, 4.69) is 10.3 Å². The Morgan fingerprint density at radius 1 is 1.21 bits per heavy atom.